The molecule has 5 heteroatoms. The number of hydrogen-bond acceptors (Lipinski definition) is 3. The van der Waals surface area contributed by atoms with Gasteiger partial charge >= 0.3 is 0 Å². The Morgan fingerprint density at radius 3 is 2.53 bits per heavy atom. The van der Waals surface area contributed by atoms with E-state index in [4.69, 9.17) is 17.3 Å². The van der Waals surface area contributed by atoms with E-state index in [1.54, 1.807) is 24.3 Å². The number of amides is 1. The molecule has 1 aliphatic rings. The van der Waals surface area contributed by atoms with E-state index in [2.05, 4.69) is 10.6 Å². The zero-order valence-corrected chi connectivity index (χ0v) is 8.67. The van der Waals surface area contributed by atoms with Crippen LogP contribution in [0.3, 0.4) is 0 Å². The SMILES string of the molecule is O=C1NC(=S)N[C@H]1Cc1ccc(O)cc1. The molecule has 3 N–H and O–H groups in total. The zero-order chi connectivity index (χ0) is 10.8. The molecule has 1 aromatic carbocycles. The van der Waals surface area contributed by atoms with Gasteiger partial charge in [0, 0.05) is 6.42 Å². The molecule has 15 heavy (non-hydrogen) atoms. The smallest absolute Gasteiger partial charge is 0.249 e. The van der Waals surface area contributed by atoms with Crippen LogP contribution >= 0.6 is 12.2 Å². The van der Waals surface area contributed by atoms with E-state index in [9.17, 15) is 4.79 Å². The summed E-state index contributed by atoms with van der Waals surface area (Å²) in [6, 6.07) is 6.46. The summed E-state index contributed by atoms with van der Waals surface area (Å²) in [6.45, 7) is 0. The summed E-state index contributed by atoms with van der Waals surface area (Å²) in [5, 5.41) is 14.9. The van der Waals surface area contributed by atoms with Crippen LogP contribution in [0.4, 0.5) is 0 Å². The molecule has 4 nitrogen and oxygen atoms in total. The van der Waals surface area contributed by atoms with Crippen molar-refractivity contribution in [1.29, 1.82) is 0 Å². The number of thiocarbonyl (C=S) groups is 1. The molecule has 0 aromatic heterocycles. The van der Waals surface area contributed by atoms with Crippen LogP contribution in [0.5, 0.6) is 5.75 Å². The van der Waals surface area contributed by atoms with Crippen molar-refractivity contribution >= 4 is 23.2 Å². The Labute approximate surface area is 92.3 Å². The molecule has 1 aromatic rings. The third-order valence-electron chi connectivity index (χ3n) is 2.23. The predicted octanol–water partition coefficient (Wildman–Crippen LogP) is 0.308. The Morgan fingerprint density at radius 2 is 2.00 bits per heavy atom. The number of carbonyl (C=O) groups excluding carboxylic acids is 1. The summed E-state index contributed by atoms with van der Waals surface area (Å²) in [5.41, 5.74) is 0.977. The second kappa shape index (κ2) is 3.86. The molecule has 1 aliphatic heterocycles. The molecule has 1 saturated heterocycles. The van der Waals surface area contributed by atoms with E-state index >= 15 is 0 Å². The van der Waals surface area contributed by atoms with Crippen LogP contribution in [-0.4, -0.2) is 22.2 Å². The number of rotatable bonds is 2. The number of aromatic hydroxyl groups is 1. The Morgan fingerprint density at radius 1 is 1.33 bits per heavy atom. The van der Waals surface area contributed by atoms with Gasteiger partial charge in [0.05, 0.1) is 0 Å². The summed E-state index contributed by atoms with van der Waals surface area (Å²) in [4.78, 5) is 11.3. The zero-order valence-electron chi connectivity index (χ0n) is 7.86. The quantitative estimate of drug-likeness (QED) is 0.630. The summed E-state index contributed by atoms with van der Waals surface area (Å²) in [7, 11) is 0. The average Bonchev–Trinajstić information content (AvgIpc) is 2.49. The lowest BCUT2D eigenvalue weighted by molar-refractivity contribution is -0.120. The van der Waals surface area contributed by atoms with Crippen LogP contribution in [0.25, 0.3) is 0 Å². The molecule has 0 aliphatic carbocycles. The first kappa shape index (κ1) is 9.92. The van der Waals surface area contributed by atoms with Gasteiger partial charge in [-0.05, 0) is 29.9 Å². The molecule has 0 spiro atoms. The highest BCUT2D eigenvalue weighted by atomic mass is 32.1. The maximum atomic E-state index is 11.3. The van der Waals surface area contributed by atoms with Crippen molar-refractivity contribution < 1.29 is 9.90 Å². The minimum atomic E-state index is -0.304. The van der Waals surface area contributed by atoms with Crippen molar-refractivity contribution in [2.24, 2.45) is 0 Å². The average molecular weight is 222 g/mol. The van der Waals surface area contributed by atoms with E-state index < -0.39 is 0 Å². The lowest BCUT2D eigenvalue weighted by Crippen LogP contribution is -2.30. The van der Waals surface area contributed by atoms with Crippen molar-refractivity contribution in [3.8, 4) is 5.75 Å². The van der Waals surface area contributed by atoms with Gasteiger partial charge in [0.1, 0.15) is 11.8 Å². The molecule has 1 fully saturated rings. The largest absolute Gasteiger partial charge is 0.508 e. The van der Waals surface area contributed by atoms with Crippen molar-refractivity contribution in [2.75, 3.05) is 0 Å². The van der Waals surface area contributed by atoms with Gasteiger partial charge in [0.15, 0.2) is 5.11 Å². The van der Waals surface area contributed by atoms with Crippen LogP contribution in [0, 0.1) is 0 Å². The number of nitrogens with one attached hydrogen (secondary N) is 2. The third-order valence-corrected chi connectivity index (χ3v) is 2.45. The monoisotopic (exact) mass is 222 g/mol. The van der Waals surface area contributed by atoms with Crippen LogP contribution in [0.15, 0.2) is 24.3 Å². The van der Waals surface area contributed by atoms with Crippen LogP contribution in [0.2, 0.25) is 0 Å². The molecule has 0 saturated carbocycles. The number of phenolic OH excluding ortho intramolecular Hbond substituents is 1. The van der Waals surface area contributed by atoms with Gasteiger partial charge in [-0.3, -0.25) is 4.79 Å². The molecule has 78 valence electrons. The van der Waals surface area contributed by atoms with E-state index in [0.717, 1.165) is 5.56 Å². The van der Waals surface area contributed by atoms with Crippen molar-refractivity contribution in [3.63, 3.8) is 0 Å². The molecule has 2 rings (SSSR count). The molecular weight excluding hydrogens is 212 g/mol. The predicted molar refractivity (Wildman–Crippen MR) is 59.5 cm³/mol. The summed E-state index contributed by atoms with van der Waals surface area (Å²) >= 11 is 4.83. The highest BCUT2D eigenvalue weighted by molar-refractivity contribution is 7.80. The molecule has 1 heterocycles. The fraction of sp³-hybridized carbons (Fsp3) is 0.200. The minimum Gasteiger partial charge on any atom is -0.508 e. The molecule has 1 atom stereocenters. The highest BCUT2D eigenvalue weighted by Crippen LogP contribution is 2.12. The van der Waals surface area contributed by atoms with Gasteiger partial charge in [-0.25, -0.2) is 0 Å². The standard InChI is InChI=1S/C10H10N2O2S/c13-7-3-1-6(2-4-7)5-8-9(14)12-10(15)11-8/h1-4,8,13H,5H2,(H2,11,12,14,15)/t8-/m0/s1. The summed E-state index contributed by atoms with van der Waals surface area (Å²) < 4.78 is 0. The van der Waals surface area contributed by atoms with Crippen LogP contribution in [0.1, 0.15) is 5.56 Å². The van der Waals surface area contributed by atoms with Gasteiger partial charge in [-0.15, -0.1) is 0 Å². The van der Waals surface area contributed by atoms with Crippen LogP contribution < -0.4 is 10.6 Å². The third kappa shape index (κ3) is 2.24. The Bertz CT molecular complexity index is 402. The van der Waals surface area contributed by atoms with E-state index in [-0.39, 0.29) is 17.7 Å². The fourth-order valence-electron chi connectivity index (χ4n) is 1.47. The highest BCUT2D eigenvalue weighted by Gasteiger charge is 2.26. The molecule has 0 bridgehead atoms. The van der Waals surface area contributed by atoms with Crippen molar-refractivity contribution in [3.05, 3.63) is 29.8 Å². The molecule has 0 unspecified atom stereocenters. The molecule has 0 radical (unpaired) electrons. The number of phenols is 1. The normalized spacial score (nSPS) is 19.9. The van der Waals surface area contributed by atoms with E-state index in [1.807, 2.05) is 0 Å². The van der Waals surface area contributed by atoms with Gasteiger partial charge in [-0.1, -0.05) is 12.1 Å². The lowest BCUT2D eigenvalue weighted by atomic mass is 10.1. The topological polar surface area (TPSA) is 61.4 Å². The fourth-order valence-corrected chi connectivity index (χ4v) is 1.71. The van der Waals surface area contributed by atoms with Crippen molar-refractivity contribution in [1.82, 2.24) is 10.6 Å². The Kier molecular flexibility index (Phi) is 2.55. The molecule has 1 amide bonds. The number of benzene rings is 1. The Hall–Kier alpha value is -1.62. The van der Waals surface area contributed by atoms with Crippen LogP contribution in [-0.2, 0) is 11.2 Å². The van der Waals surface area contributed by atoms with Crippen molar-refractivity contribution in [2.45, 2.75) is 12.5 Å². The Balaban J connectivity index is 2.06. The van der Waals surface area contributed by atoms with E-state index in [0.29, 0.717) is 11.5 Å². The maximum Gasteiger partial charge on any atom is 0.249 e. The van der Waals surface area contributed by atoms with Gasteiger partial charge in [-0.2, -0.15) is 0 Å². The first-order valence-corrected chi connectivity index (χ1v) is 4.95. The van der Waals surface area contributed by atoms with Gasteiger partial charge < -0.3 is 15.7 Å². The second-order valence-corrected chi connectivity index (χ2v) is 3.79. The summed E-state index contributed by atoms with van der Waals surface area (Å²) in [6.07, 6.45) is 0.562. The summed E-state index contributed by atoms with van der Waals surface area (Å²) in [5.74, 6) is 0.117. The van der Waals surface area contributed by atoms with Gasteiger partial charge in [0.25, 0.3) is 0 Å². The maximum absolute atomic E-state index is 11.3. The van der Waals surface area contributed by atoms with Gasteiger partial charge in [0.2, 0.25) is 5.91 Å². The minimum absolute atomic E-state index is 0.104. The second-order valence-electron chi connectivity index (χ2n) is 3.39. The first-order chi connectivity index (χ1) is 7.15. The number of carbonyl (C=O) groups is 1. The number of hydrogen-bond donors (Lipinski definition) is 3. The van der Waals surface area contributed by atoms with E-state index in [1.165, 1.54) is 0 Å². The lowest BCUT2D eigenvalue weighted by Gasteiger charge is -2.07. The first-order valence-electron chi connectivity index (χ1n) is 4.54. The molecular formula is C10H10N2O2S.